The SMILES string of the molecule is Cc1nc2c(c(N(C)c3ccc(C)o3)n1)CNCC2. The van der Waals surface area contributed by atoms with E-state index < -0.39 is 0 Å². The molecule has 2 aromatic rings. The van der Waals surface area contributed by atoms with Gasteiger partial charge in [0.1, 0.15) is 17.4 Å². The molecule has 1 aliphatic heterocycles. The normalized spacial score (nSPS) is 14.3. The van der Waals surface area contributed by atoms with Crippen LogP contribution >= 0.6 is 0 Å². The molecule has 0 spiro atoms. The van der Waals surface area contributed by atoms with Crippen molar-refractivity contribution in [1.82, 2.24) is 15.3 Å². The maximum Gasteiger partial charge on any atom is 0.200 e. The molecule has 5 nitrogen and oxygen atoms in total. The third-order valence-electron chi connectivity index (χ3n) is 3.40. The van der Waals surface area contributed by atoms with Crippen molar-refractivity contribution >= 4 is 11.7 Å². The third kappa shape index (κ3) is 2.21. The molecule has 0 aromatic carbocycles. The zero-order valence-corrected chi connectivity index (χ0v) is 11.5. The van der Waals surface area contributed by atoms with E-state index in [1.165, 1.54) is 5.56 Å². The third-order valence-corrected chi connectivity index (χ3v) is 3.40. The van der Waals surface area contributed by atoms with Crippen molar-refractivity contribution in [1.29, 1.82) is 0 Å². The van der Waals surface area contributed by atoms with Crippen LogP contribution in [0.3, 0.4) is 0 Å². The Labute approximate surface area is 112 Å². The largest absolute Gasteiger partial charge is 0.445 e. The summed E-state index contributed by atoms with van der Waals surface area (Å²) in [6.07, 6.45) is 0.955. The highest BCUT2D eigenvalue weighted by atomic mass is 16.4. The molecule has 3 rings (SSSR count). The molecule has 100 valence electrons. The van der Waals surface area contributed by atoms with Crippen molar-refractivity contribution in [3.05, 3.63) is 35.0 Å². The molecule has 0 saturated carbocycles. The summed E-state index contributed by atoms with van der Waals surface area (Å²) in [5.74, 6) is 3.46. The Morgan fingerprint density at radius 3 is 2.84 bits per heavy atom. The zero-order chi connectivity index (χ0) is 13.4. The van der Waals surface area contributed by atoms with E-state index in [0.29, 0.717) is 0 Å². The van der Waals surface area contributed by atoms with Crippen molar-refractivity contribution in [2.45, 2.75) is 26.8 Å². The van der Waals surface area contributed by atoms with Crippen molar-refractivity contribution in [2.24, 2.45) is 0 Å². The summed E-state index contributed by atoms with van der Waals surface area (Å²) in [6, 6.07) is 3.93. The smallest absolute Gasteiger partial charge is 0.200 e. The van der Waals surface area contributed by atoms with E-state index in [2.05, 4.69) is 15.3 Å². The molecule has 2 aromatic heterocycles. The summed E-state index contributed by atoms with van der Waals surface area (Å²) < 4.78 is 5.68. The number of aryl methyl sites for hydroxylation is 2. The summed E-state index contributed by atoms with van der Waals surface area (Å²) in [6.45, 7) is 5.67. The van der Waals surface area contributed by atoms with Gasteiger partial charge in [0.2, 0.25) is 5.88 Å². The molecule has 0 saturated heterocycles. The van der Waals surface area contributed by atoms with Gasteiger partial charge in [0, 0.05) is 38.2 Å². The molecule has 3 heterocycles. The molecule has 0 unspecified atom stereocenters. The first-order valence-corrected chi connectivity index (χ1v) is 6.52. The van der Waals surface area contributed by atoms with Crippen molar-refractivity contribution in [3.63, 3.8) is 0 Å². The summed E-state index contributed by atoms with van der Waals surface area (Å²) in [4.78, 5) is 11.1. The van der Waals surface area contributed by atoms with Crippen molar-refractivity contribution in [3.8, 4) is 0 Å². The lowest BCUT2D eigenvalue weighted by Gasteiger charge is -2.24. The highest BCUT2D eigenvalue weighted by Gasteiger charge is 2.20. The topological polar surface area (TPSA) is 54.2 Å². The first kappa shape index (κ1) is 12.2. The maximum atomic E-state index is 5.68. The summed E-state index contributed by atoms with van der Waals surface area (Å²) in [5.41, 5.74) is 2.32. The number of nitrogens with one attached hydrogen (secondary N) is 1. The van der Waals surface area contributed by atoms with Crippen LogP contribution < -0.4 is 10.2 Å². The highest BCUT2D eigenvalue weighted by Crippen LogP contribution is 2.29. The Morgan fingerprint density at radius 1 is 1.26 bits per heavy atom. The van der Waals surface area contributed by atoms with Crippen LogP contribution in [0.2, 0.25) is 0 Å². The molecule has 0 atom stereocenters. The average molecular weight is 258 g/mol. The fourth-order valence-corrected chi connectivity index (χ4v) is 2.43. The number of fused-ring (bicyclic) bond motifs is 1. The van der Waals surface area contributed by atoms with Crippen LogP contribution in [0.25, 0.3) is 0 Å². The van der Waals surface area contributed by atoms with E-state index in [1.807, 2.05) is 37.9 Å². The fraction of sp³-hybridized carbons (Fsp3) is 0.429. The molecule has 0 fully saturated rings. The maximum absolute atomic E-state index is 5.68. The Hall–Kier alpha value is -1.88. The minimum absolute atomic E-state index is 0.809. The van der Waals surface area contributed by atoms with Gasteiger partial charge in [-0.15, -0.1) is 0 Å². The van der Waals surface area contributed by atoms with E-state index in [1.54, 1.807) is 0 Å². The monoisotopic (exact) mass is 258 g/mol. The fourth-order valence-electron chi connectivity index (χ4n) is 2.43. The predicted octanol–water partition coefficient (Wildman–Crippen LogP) is 2.10. The Morgan fingerprint density at radius 2 is 2.11 bits per heavy atom. The molecule has 0 radical (unpaired) electrons. The van der Waals surface area contributed by atoms with E-state index in [9.17, 15) is 0 Å². The quantitative estimate of drug-likeness (QED) is 0.894. The van der Waals surface area contributed by atoms with Crippen LogP contribution in [0, 0.1) is 13.8 Å². The second-order valence-corrected chi connectivity index (χ2v) is 4.89. The number of hydrogen-bond donors (Lipinski definition) is 1. The van der Waals surface area contributed by atoms with E-state index in [0.717, 1.165) is 48.5 Å². The van der Waals surface area contributed by atoms with E-state index in [-0.39, 0.29) is 0 Å². The van der Waals surface area contributed by atoms with Gasteiger partial charge in [-0.25, -0.2) is 9.97 Å². The summed E-state index contributed by atoms with van der Waals surface area (Å²) in [7, 11) is 1.98. The molecule has 0 amide bonds. The van der Waals surface area contributed by atoms with Gasteiger partial charge in [0.15, 0.2) is 0 Å². The number of anilines is 2. The van der Waals surface area contributed by atoms with Crippen molar-refractivity contribution < 1.29 is 4.42 Å². The number of nitrogens with zero attached hydrogens (tertiary/aromatic N) is 3. The molecule has 0 bridgehead atoms. The molecular weight excluding hydrogens is 240 g/mol. The van der Waals surface area contributed by atoms with Crippen LogP contribution in [0.4, 0.5) is 11.7 Å². The molecule has 19 heavy (non-hydrogen) atoms. The minimum atomic E-state index is 0.809. The van der Waals surface area contributed by atoms with Crippen LogP contribution in [0.1, 0.15) is 22.8 Å². The van der Waals surface area contributed by atoms with E-state index in [4.69, 9.17) is 4.42 Å². The molecule has 1 N–H and O–H groups in total. The van der Waals surface area contributed by atoms with Crippen LogP contribution in [0.15, 0.2) is 16.5 Å². The summed E-state index contributed by atoms with van der Waals surface area (Å²) in [5, 5.41) is 3.38. The van der Waals surface area contributed by atoms with Crippen LogP contribution in [0.5, 0.6) is 0 Å². The molecular formula is C14H18N4O. The molecule has 5 heteroatoms. The van der Waals surface area contributed by atoms with Gasteiger partial charge in [-0.2, -0.15) is 0 Å². The highest BCUT2D eigenvalue weighted by molar-refractivity contribution is 5.59. The number of hydrogen-bond acceptors (Lipinski definition) is 5. The Kier molecular flexibility index (Phi) is 2.98. The average Bonchev–Trinajstić information content (AvgIpc) is 2.83. The van der Waals surface area contributed by atoms with Gasteiger partial charge in [-0.3, -0.25) is 4.90 Å². The van der Waals surface area contributed by atoms with Crippen LogP contribution in [-0.2, 0) is 13.0 Å². The zero-order valence-electron chi connectivity index (χ0n) is 11.5. The lowest BCUT2D eigenvalue weighted by Crippen LogP contribution is -2.28. The van der Waals surface area contributed by atoms with Gasteiger partial charge < -0.3 is 9.73 Å². The van der Waals surface area contributed by atoms with Gasteiger partial charge >= 0.3 is 0 Å². The molecule has 1 aliphatic rings. The number of furan rings is 1. The van der Waals surface area contributed by atoms with Gasteiger partial charge in [0.25, 0.3) is 0 Å². The van der Waals surface area contributed by atoms with Crippen LogP contribution in [-0.4, -0.2) is 23.6 Å². The number of aromatic nitrogens is 2. The number of rotatable bonds is 2. The lowest BCUT2D eigenvalue weighted by molar-refractivity contribution is 0.535. The second kappa shape index (κ2) is 4.66. The minimum Gasteiger partial charge on any atom is -0.445 e. The molecule has 0 aliphatic carbocycles. The standard InChI is InChI=1S/C14H18N4O/c1-9-4-5-13(19-9)18(3)14-11-8-15-7-6-12(11)16-10(2)17-14/h4-5,15H,6-8H2,1-3H3. The first-order valence-electron chi connectivity index (χ1n) is 6.52. The van der Waals surface area contributed by atoms with Crippen molar-refractivity contribution in [2.75, 3.05) is 18.5 Å². The van der Waals surface area contributed by atoms with Gasteiger partial charge in [-0.05, 0) is 19.9 Å². The first-order chi connectivity index (χ1) is 9.15. The van der Waals surface area contributed by atoms with Gasteiger partial charge in [0.05, 0.1) is 5.69 Å². The van der Waals surface area contributed by atoms with Gasteiger partial charge in [-0.1, -0.05) is 0 Å². The Balaban J connectivity index is 2.06. The second-order valence-electron chi connectivity index (χ2n) is 4.89. The van der Waals surface area contributed by atoms with E-state index >= 15 is 0 Å². The Bertz CT molecular complexity index is 605. The summed E-state index contributed by atoms with van der Waals surface area (Å²) >= 11 is 0. The lowest BCUT2D eigenvalue weighted by atomic mass is 10.1. The predicted molar refractivity (Wildman–Crippen MR) is 73.7 cm³/mol.